The zero-order valence-corrected chi connectivity index (χ0v) is 6.87. The minimum Gasteiger partial charge on any atom is -0.376 e. The van der Waals surface area contributed by atoms with Crippen molar-refractivity contribution in [2.75, 3.05) is 13.1 Å². The van der Waals surface area contributed by atoms with Gasteiger partial charge < -0.3 is 10.6 Å². The molecule has 3 heteroatoms. The lowest BCUT2D eigenvalue weighted by molar-refractivity contribution is 0.443. The van der Waals surface area contributed by atoms with Crippen molar-refractivity contribution < 1.29 is 0 Å². The van der Waals surface area contributed by atoms with E-state index in [1.54, 1.807) is 0 Å². The van der Waals surface area contributed by atoms with Gasteiger partial charge in [-0.05, 0) is 25.6 Å². The van der Waals surface area contributed by atoms with Crippen molar-refractivity contribution in [3.63, 3.8) is 0 Å². The maximum Gasteiger partial charge on any atom is 0.166 e. The van der Waals surface area contributed by atoms with Crippen LogP contribution in [0.4, 0.5) is 0 Å². The van der Waals surface area contributed by atoms with Crippen LogP contribution in [-0.4, -0.2) is 23.1 Å². The second-order valence-corrected chi connectivity index (χ2v) is 2.34. The van der Waals surface area contributed by atoms with Gasteiger partial charge in [-0.1, -0.05) is 6.92 Å². The van der Waals surface area contributed by atoms with Crippen LogP contribution in [0, 0.1) is 0 Å². The Labute approximate surface area is 62.0 Å². The molecular weight excluding hydrogens is 132 g/mol. The van der Waals surface area contributed by atoms with Crippen molar-refractivity contribution >= 4 is 17.3 Å². The summed E-state index contributed by atoms with van der Waals surface area (Å²) in [4.78, 5) is 1.98. The van der Waals surface area contributed by atoms with E-state index in [1.165, 1.54) is 0 Å². The van der Waals surface area contributed by atoms with E-state index >= 15 is 0 Å². The van der Waals surface area contributed by atoms with Gasteiger partial charge in [0.25, 0.3) is 0 Å². The molecule has 54 valence electrons. The van der Waals surface area contributed by atoms with Gasteiger partial charge in [0, 0.05) is 13.1 Å². The molecule has 0 bridgehead atoms. The van der Waals surface area contributed by atoms with Gasteiger partial charge in [-0.3, -0.25) is 0 Å². The van der Waals surface area contributed by atoms with E-state index in [-0.39, 0.29) is 0 Å². The fourth-order valence-electron chi connectivity index (χ4n) is 0.694. The Morgan fingerprint density at radius 1 is 1.56 bits per heavy atom. The first kappa shape index (κ1) is 8.69. The molecule has 0 rings (SSSR count). The standard InChI is InChI=1S/C6H14N2S/c1-3-5-8(4-2)6(7)9/h3-5H2,1-2H3,(H2,7,9). The van der Waals surface area contributed by atoms with E-state index < -0.39 is 0 Å². The van der Waals surface area contributed by atoms with Crippen LogP contribution >= 0.6 is 12.2 Å². The van der Waals surface area contributed by atoms with Gasteiger partial charge in [0.1, 0.15) is 0 Å². The van der Waals surface area contributed by atoms with Gasteiger partial charge in [-0.15, -0.1) is 0 Å². The molecule has 0 spiro atoms. The second-order valence-electron chi connectivity index (χ2n) is 1.92. The van der Waals surface area contributed by atoms with Gasteiger partial charge in [-0.25, -0.2) is 0 Å². The Bertz CT molecular complexity index is 93.1. The van der Waals surface area contributed by atoms with Crippen molar-refractivity contribution in [2.24, 2.45) is 5.73 Å². The number of thiocarbonyl (C=S) groups is 1. The Morgan fingerprint density at radius 3 is 2.22 bits per heavy atom. The quantitative estimate of drug-likeness (QED) is 0.601. The van der Waals surface area contributed by atoms with Gasteiger partial charge in [0.2, 0.25) is 0 Å². The molecule has 9 heavy (non-hydrogen) atoms. The van der Waals surface area contributed by atoms with Crippen LogP contribution in [0.3, 0.4) is 0 Å². The Morgan fingerprint density at radius 2 is 2.11 bits per heavy atom. The van der Waals surface area contributed by atoms with Crippen LogP contribution in [0.5, 0.6) is 0 Å². The number of hydrogen-bond donors (Lipinski definition) is 1. The van der Waals surface area contributed by atoms with E-state index in [0.717, 1.165) is 19.5 Å². The highest BCUT2D eigenvalue weighted by atomic mass is 32.1. The lowest BCUT2D eigenvalue weighted by Gasteiger charge is -2.18. The third-order valence-corrected chi connectivity index (χ3v) is 1.45. The van der Waals surface area contributed by atoms with Crippen LogP contribution < -0.4 is 5.73 Å². The summed E-state index contributed by atoms with van der Waals surface area (Å²) < 4.78 is 0. The molecule has 2 N–H and O–H groups in total. The van der Waals surface area contributed by atoms with Crippen LogP contribution in [0.15, 0.2) is 0 Å². The monoisotopic (exact) mass is 146 g/mol. The van der Waals surface area contributed by atoms with Gasteiger partial charge in [-0.2, -0.15) is 0 Å². The van der Waals surface area contributed by atoms with E-state index in [2.05, 4.69) is 13.8 Å². The molecule has 0 saturated heterocycles. The summed E-state index contributed by atoms with van der Waals surface area (Å²) in [5.41, 5.74) is 5.39. The highest BCUT2D eigenvalue weighted by Gasteiger charge is 1.98. The Hall–Kier alpha value is -0.310. The minimum atomic E-state index is 0.513. The zero-order valence-electron chi connectivity index (χ0n) is 6.05. The molecule has 0 aliphatic rings. The highest BCUT2D eigenvalue weighted by Crippen LogP contribution is 1.88. The largest absolute Gasteiger partial charge is 0.376 e. The van der Waals surface area contributed by atoms with Crippen molar-refractivity contribution in [1.29, 1.82) is 0 Å². The van der Waals surface area contributed by atoms with Crippen LogP contribution in [0.2, 0.25) is 0 Å². The maximum absolute atomic E-state index is 5.39. The van der Waals surface area contributed by atoms with E-state index in [1.807, 2.05) is 4.90 Å². The summed E-state index contributed by atoms with van der Waals surface area (Å²) >= 11 is 4.79. The summed E-state index contributed by atoms with van der Waals surface area (Å²) in [6, 6.07) is 0. The molecule has 0 fully saturated rings. The van der Waals surface area contributed by atoms with E-state index in [0.29, 0.717) is 5.11 Å². The lowest BCUT2D eigenvalue weighted by Crippen LogP contribution is -2.35. The lowest BCUT2D eigenvalue weighted by atomic mass is 10.4. The Balaban J connectivity index is 3.54. The maximum atomic E-state index is 5.39. The van der Waals surface area contributed by atoms with Crippen molar-refractivity contribution in [2.45, 2.75) is 20.3 Å². The van der Waals surface area contributed by atoms with E-state index in [4.69, 9.17) is 18.0 Å². The highest BCUT2D eigenvalue weighted by molar-refractivity contribution is 7.80. The second kappa shape index (κ2) is 4.56. The van der Waals surface area contributed by atoms with Crippen molar-refractivity contribution in [3.05, 3.63) is 0 Å². The predicted molar refractivity (Wildman–Crippen MR) is 44.3 cm³/mol. The topological polar surface area (TPSA) is 29.3 Å². The Kier molecular flexibility index (Phi) is 4.40. The van der Waals surface area contributed by atoms with E-state index in [9.17, 15) is 0 Å². The molecule has 2 nitrogen and oxygen atoms in total. The first-order valence-electron chi connectivity index (χ1n) is 3.26. The normalized spacial score (nSPS) is 9.11. The number of rotatable bonds is 3. The van der Waals surface area contributed by atoms with Gasteiger partial charge in [0.05, 0.1) is 0 Å². The molecule has 0 aromatic rings. The van der Waals surface area contributed by atoms with Crippen LogP contribution in [0.25, 0.3) is 0 Å². The molecule has 0 radical (unpaired) electrons. The fraction of sp³-hybridized carbons (Fsp3) is 0.833. The summed E-state index contributed by atoms with van der Waals surface area (Å²) in [5.74, 6) is 0. The first-order chi connectivity index (χ1) is 4.22. The molecule has 0 heterocycles. The van der Waals surface area contributed by atoms with Gasteiger partial charge in [0.15, 0.2) is 5.11 Å². The van der Waals surface area contributed by atoms with Gasteiger partial charge >= 0.3 is 0 Å². The third-order valence-electron chi connectivity index (χ3n) is 1.19. The summed E-state index contributed by atoms with van der Waals surface area (Å²) in [5, 5.41) is 0.513. The molecule has 0 aromatic heterocycles. The average Bonchev–Trinajstić information content (AvgIpc) is 1.82. The molecule has 0 aliphatic carbocycles. The third kappa shape index (κ3) is 3.30. The summed E-state index contributed by atoms with van der Waals surface area (Å²) in [6.45, 7) is 6.06. The smallest absolute Gasteiger partial charge is 0.166 e. The molecule has 0 atom stereocenters. The van der Waals surface area contributed by atoms with Crippen molar-refractivity contribution in [3.8, 4) is 0 Å². The number of nitrogens with zero attached hydrogens (tertiary/aromatic N) is 1. The zero-order chi connectivity index (χ0) is 7.28. The number of nitrogens with two attached hydrogens (primary N) is 1. The molecule has 0 amide bonds. The minimum absolute atomic E-state index is 0.513. The summed E-state index contributed by atoms with van der Waals surface area (Å²) in [6.07, 6.45) is 1.10. The van der Waals surface area contributed by atoms with Crippen LogP contribution in [-0.2, 0) is 0 Å². The van der Waals surface area contributed by atoms with Crippen molar-refractivity contribution in [1.82, 2.24) is 4.90 Å². The summed E-state index contributed by atoms with van der Waals surface area (Å²) in [7, 11) is 0. The van der Waals surface area contributed by atoms with Crippen LogP contribution in [0.1, 0.15) is 20.3 Å². The predicted octanol–water partition coefficient (Wildman–Crippen LogP) is 0.962. The first-order valence-corrected chi connectivity index (χ1v) is 3.67. The molecule has 0 unspecified atom stereocenters. The molecule has 0 aliphatic heterocycles. The average molecular weight is 146 g/mol. The molecular formula is C6H14N2S. The number of hydrogen-bond acceptors (Lipinski definition) is 1. The molecule has 0 saturated carbocycles. The SMILES string of the molecule is CCCN(CC)C(N)=S. The fourth-order valence-corrected chi connectivity index (χ4v) is 0.914. The molecule has 0 aromatic carbocycles.